The van der Waals surface area contributed by atoms with Gasteiger partial charge in [0.2, 0.25) is 0 Å². The fraction of sp³-hybridized carbons (Fsp3) is 0.450. The van der Waals surface area contributed by atoms with E-state index in [4.69, 9.17) is 14.7 Å². The Labute approximate surface area is 169 Å². The van der Waals surface area contributed by atoms with Crippen molar-refractivity contribution >= 4 is 12.1 Å². The molecule has 0 aliphatic rings. The lowest BCUT2D eigenvalue weighted by Gasteiger charge is -2.19. The molecule has 0 bridgehead atoms. The van der Waals surface area contributed by atoms with E-state index in [2.05, 4.69) is 15.3 Å². The zero-order valence-electron chi connectivity index (χ0n) is 17.0. The molecular weight excluding hydrogens is 378 g/mol. The molecule has 1 heterocycles. The number of nitrogens with zero attached hydrogens (tertiary/aromatic N) is 2. The molecule has 0 spiro atoms. The predicted molar refractivity (Wildman–Crippen MR) is 105 cm³/mol. The number of benzene rings is 1. The number of aromatic nitrogens is 2. The van der Waals surface area contributed by atoms with Crippen molar-refractivity contribution in [1.29, 1.82) is 0 Å². The maximum Gasteiger partial charge on any atom is 0.407 e. The van der Waals surface area contributed by atoms with Crippen molar-refractivity contribution in [2.75, 3.05) is 6.54 Å². The normalized spacial score (nSPS) is 12.2. The summed E-state index contributed by atoms with van der Waals surface area (Å²) in [5.74, 6) is -0.528. The first-order valence-corrected chi connectivity index (χ1v) is 9.30. The summed E-state index contributed by atoms with van der Waals surface area (Å²) in [5, 5.41) is 16.1. The van der Waals surface area contributed by atoms with Crippen LogP contribution in [-0.4, -0.2) is 45.2 Å². The van der Waals surface area contributed by atoms with Gasteiger partial charge in [0.05, 0.1) is 6.20 Å². The smallest absolute Gasteiger partial charge is 0.407 e. The minimum Gasteiger partial charge on any atom is -0.444 e. The molecule has 0 aliphatic carbocycles. The number of hydrogen-bond donors (Lipinski definition) is 2. The van der Waals surface area contributed by atoms with Gasteiger partial charge in [-0.05, 0) is 51.8 Å². The van der Waals surface area contributed by atoms with Gasteiger partial charge in [0.25, 0.3) is 0 Å². The summed E-state index contributed by atoms with van der Waals surface area (Å²) < 4.78 is 6.97. The van der Waals surface area contributed by atoms with Crippen LogP contribution >= 0.6 is 0 Å². The van der Waals surface area contributed by atoms with Gasteiger partial charge in [0.15, 0.2) is 11.9 Å². The number of aliphatic hydroxyl groups excluding tert-OH is 1. The van der Waals surface area contributed by atoms with Crippen LogP contribution in [0.25, 0.3) is 11.1 Å². The summed E-state index contributed by atoms with van der Waals surface area (Å²) >= 11 is 0. The van der Waals surface area contributed by atoms with Crippen LogP contribution in [0.15, 0.2) is 36.7 Å². The van der Waals surface area contributed by atoms with Gasteiger partial charge >= 0.3 is 12.1 Å². The molecular formula is C20H27N3O6. The average Bonchev–Trinajstić information content (AvgIpc) is 3.11. The van der Waals surface area contributed by atoms with E-state index in [1.807, 2.05) is 27.0 Å². The van der Waals surface area contributed by atoms with Crippen LogP contribution in [0, 0.1) is 0 Å². The number of carbonyl (C=O) groups excluding carboxylic acids is 2. The Kier molecular flexibility index (Phi) is 7.60. The lowest BCUT2D eigenvalue weighted by atomic mass is 10.1. The van der Waals surface area contributed by atoms with Gasteiger partial charge in [-0.25, -0.2) is 14.5 Å². The Morgan fingerprint density at radius 2 is 1.90 bits per heavy atom. The number of hydrogen-bond acceptors (Lipinski definition) is 7. The van der Waals surface area contributed by atoms with Gasteiger partial charge in [-0.3, -0.25) is 9.57 Å². The van der Waals surface area contributed by atoms with Crippen molar-refractivity contribution in [3.8, 4) is 16.9 Å². The molecule has 2 rings (SSSR count). The molecule has 0 saturated carbocycles. The summed E-state index contributed by atoms with van der Waals surface area (Å²) in [6.45, 7) is 7.88. The van der Waals surface area contributed by atoms with Crippen molar-refractivity contribution in [2.45, 2.75) is 52.4 Å². The Bertz CT molecular complexity index is 808. The Morgan fingerprint density at radius 3 is 2.52 bits per heavy atom. The van der Waals surface area contributed by atoms with Crippen LogP contribution in [0.5, 0.6) is 5.75 Å². The number of ether oxygens (including phenoxy) is 1. The average molecular weight is 405 g/mol. The Balaban J connectivity index is 1.79. The SMILES string of the molecule is CC(O)C(=O)OOc1ccc(-c2cnn(CCCNC(=O)OC(C)(C)C)c2)cc1. The highest BCUT2D eigenvalue weighted by molar-refractivity contribution is 5.73. The molecule has 9 heteroatoms. The monoisotopic (exact) mass is 405 g/mol. The zero-order chi connectivity index (χ0) is 21.4. The first kappa shape index (κ1) is 22.2. The third-order valence-electron chi connectivity index (χ3n) is 3.61. The van der Waals surface area contributed by atoms with Crippen LogP contribution in [0.4, 0.5) is 4.79 Å². The van der Waals surface area contributed by atoms with Crippen molar-refractivity contribution in [1.82, 2.24) is 15.1 Å². The number of amides is 1. The molecule has 0 saturated heterocycles. The maximum atomic E-state index is 11.6. The Hall–Kier alpha value is -3.07. The van der Waals surface area contributed by atoms with Crippen LogP contribution in [0.3, 0.4) is 0 Å². The number of rotatable bonds is 8. The molecule has 2 N–H and O–H groups in total. The van der Waals surface area contributed by atoms with Crippen molar-refractivity contribution in [2.24, 2.45) is 0 Å². The van der Waals surface area contributed by atoms with Gasteiger partial charge < -0.3 is 15.2 Å². The van der Waals surface area contributed by atoms with Crippen molar-refractivity contribution < 1.29 is 29.2 Å². The highest BCUT2D eigenvalue weighted by Gasteiger charge is 2.15. The zero-order valence-corrected chi connectivity index (χ0v) is 17.0. The largest absolute Gasteiger partial charge is 0.444 e. The topological polar surface area (TPSA) is 112 Å². The minimum absolute atomic E-state index is 0.336. The summed E-state index contributed by atoms with van der Waals surface area (Å²) in [4.78, 5) is 32.1. The number of nitrogens with one attached hydrogen (secondary N) is 1. The molecule has 2 aromatic rings. The second-order valence-electron chi connectivity index (χ2n) is 7.46. The molecule has 0 fully saturated rings. The van der Waals surface area contributed by atoms with E-state index in [0.29, 0.717) is 25.3 Å². The van der Waals surface area contributed by atoms with Crippen molar-refractivity contribution in [3.05, 3.63) is 36.7 Å². The minimum atomic E-state index is -1.25. The van der Waals surface area contributed by atoms with Gasteiger partial charge in [-0.1, -0.05) is 12.1 Å². The fourth-order valence-corrected chi connectivity index (χ4v) is 2.24. The van der Waals surface area contributed by atoms with E-state index >= 15 is 0 Å². The molecule has 158 valence electrons. The number of aliphatic hydroxyl groups is 1. The fourth-order valence-electron chi connectivity index (χ4n) is 2.24. The second kappa shape index (κ2) is 9.92. The van der Waals surface area contributed by atoms with E-state index in [1.54, 1.807) is 35.1 Å². The first-order chi connectivity index (χ1) is 13.6. The molecule has 0 radical (unpaired) electrons. The molecule has 0 aliphatic heterocycles. The standard InChI is InChI=1S/C20H27N3O6/c1-14(24)18(25)29-28-17-8-6-15(7-9-17)16-12-22-23(13-16)11-5-10-21-19(26)27-20(2,3)4/h6-9,12-14,24H,5,10-11H2,1-4H3,(H,21,26). The van der Waals surface area contributed by atoms with Crippen LogP contribution in [-0.2, 0) is 21.0 Å². The second-order valence-corrected chi connectivity index (χ2v) is 7.46. The number of alkyl carbamates (subject to hydrolysis) is 1. The molecule has 1 unspecified atom stereocenters. The molecule has 1 aromatic heterocycles. The van der Waals surface area contributed by atoms with Gasteiger partial charge in [-0.15, -0.1) is 0 Å². The van der Waals surface area contributed by atoms with E-state index in [-0.39, 0.29) is 0 Å². The van der Waals surface area contributed by atoms with E-state index in [0.717, 1.165) is 11.1 Å². The summed E-state index contributed by atoms with van der Waals surface area (Å²) in [6, 6.07) is 6.90. The van der Waals surface area contributed by atoms with Gasteiger partial charge in [-0.2, -0.15) is 5.10 Å². The quantitative estimate of drug-likeness (QED) is 0.394. The lowest BCUT2D eigenvalue weighted by Crippen LogP contribution is -2.33. The van der Waals surface area contributed by atoms with E-state index < -0.39 is 23.8 Å². The molecule has 29 heavy (non-hydrogen) atoms. The van der Waals surface area contributed by atoms with Crippen LogP contribution in [0.2, 0.25) is 0 Å². The van der Waals surface area contributed by atoms with Gasteiger partial charge in [0.1, 0.15) is 5.60 Å². The third kappa shape index (κ3) is 7.82. The number of aryl methyl sites for hydroxylation is 1. The van der Waals surface area contributed by atoms with Gasteiger partial charge in [0, 0.05) is 24.8 Å². The predicted octanol–water partition coefficient (Wildman–Crippen LogP) is 2.68. The Morgan fingerprint density at radius 1 is 1.21 bits per heavy atom. The van der Waals surface area contributed by atoms with Crippen molar-refractivity contribution in [3.63, 3.8) is 0 Å². The number of carbonyl (C=O) groups is 2. The summed E-state index contributed by atoms with van der Waals surface area (Å²) in [6.07, 6.45) is 2.67. The summed E-state index contributed by atoms with van der Waals surface area (Å²) in [5.41, 5.74) is 1.32. The molecule has 9 nitrogen and oxygen atoms in total. The van der Waals surface area contributed by atoms with E-state index in [9.17, 15) is 9.59 Å². The molecule has 1 atom stereocenters. The maximum absolute atomic E-state index is 11.6. The molecule has 1 amide bonds. The first-order valence-electron chi connectivity index (χ1n) is 9.30. The van der Waals surface area contributed by atoms with Crippen LogP contribution < -0.4 is 10.2 Å². The van der Waals surface area contributed by atoms with E-state index in [1.165, 1.54) is 6.92 Å². The lowest BCUT2D eigenvalue weighted by molar-refractivity contribution is -0.221. The summed E-state index contributed by atoms with van der Waals surface area (Å²) in [7, 11) is 0. The highest BCUT2D eigenvalue weighted by Crippen LogP contribution is 2.22. The highest BCUT2D eigenvalue weighted by atomic mass is 17.2. The molecule has 1 aromatic carbocycles. The third-order valence-corrected chi connectivity index (χ3v) is 3.61. The van der Waals surface area contributed by atoms with Crippen LogP contribution in [0.1, 0.15) is 34.1 Å².